The van der Waals surface area contributed by atoms with Gasteiger partial charge in [0.1, 0.15) is 11.4 Å². The van der Waals surface area contributed by atoms with Crippen LogP contribution < -0.4 is 4.74 Å². The molecule has 34 heavy (non-hydrogen) atoms. The maximum atomic E-state index is 12.0. The SMILES string of the molecule is COc1ccc(COC[C@H](O)CN2CCC(C(O)(c3ccccc3)c3ccccc3)CC2)cc1. The molecule has 3 aromatic carbocycles. The normalized spacial score (nSPS) is 16.3. The molecule has 5 heteroatoms. The maximum Gasteiger partial charge on any atom is 0.118 e. The molecule has 1 fully saturated rings. The topological polar surface area (TPSA) is 62.2 Å². The van der Waals surface area contributed by atoms with Crippen LogP contribution in [0.3, 0.4) is 0 Å². The third kappa shape index (κ3) is 5.86. The third-order valence-electron chi connectivity index (χ3n) is 6.81. The molecule has 1 aliphatic rings. The Labute approximate surface area is 202 Å². The van der Waals surface area contributed by atoms with E-state index in [0.29, 0.717) is 19.8 Å². The Balaban J connectivity index is 1.30. The number of β-amino-alcohol motifs (C(OH)–C–C–N with tert-alkyl or cyclic N) is 1. The Bertz CT molecular complexity index is 946. The van der Waals surface area contributed by atoms with Crippen LogP contribution in [0.5, 0.6) is 5.75 Å². The van der Waals surface area contributed by atoms with E-state index >= 15 is 0 Å². The molecule has 2 N–H and O–H groups in total. The number of methoxy groups -OCH3 is 1. The van der Waals surface area contributed by atoms with E-state index in [0.717, 1.165) is 48.4 Å². The van der Waals surface area contributed by atoms with Gasteiger partial charge in [0, 0.05) is 6.54 Å². The van der Waals surface area contributed by atoms with Crippen molar-refractivity contribution in [1.29, 1.82) is 0 Å². The summed E-state index contributed by atoms with van der Waals surface area (Å²) in [5, 5.41) is 22.5. The zero-order valence-corrected chi connectivity index (χ0v) is 19.8. The molecular weight excluding hydrogens is 426 g/mol. The van der Waals surface area contributed by atoms with E-state index in [9.17, 15) is 10.2 Å². The lowest BCUT2D eigenvalue weighted by Gasteiger charge is -2.42. The van der Waals surface area contributed by atoms with Crippen LogP contribution in [0.4, 0.5) is 0 Å². The first-order chi connectivity index (χ1) is 16.6. The van der Waals surface area contributed by atoms with Gasteiger partial charge in [0.2, 0.25) is 0 Å². The van der Waals surface area contributed by atoms with E-state index in [-0.39, 0.29) is 5.92 Å². The number of hydrogen-bond acceptors (Lipinski definition) is 5. The Kier molecular flexibility index (Phi) is 8.35. The number of piperidine rings is 1. The number of aliphatic hydroxyl groups excluding tert-OH is 1. The van der Waals surface area contributed by atoms with E-state index in [1.165, 1.54) is 0 Å². The molecule has 1 aliphatic heterocycles. The highest BCUT2D eigenvalue weighted by Gasteiger charge is 2.41. The average molecular weight is 462 g/mol. The van der Waals surface area contributed by atoms with Crippen molar-refractivity contribution in [3.05, 3.63) is 102 Å². The number of ether oxygens (including phenoxy) is 2. The second kappa shape index (κ2) is 11.6. The molecule has 0 spiro atoms. The van der Waals surface area contributed by atoms with Crippen molar-refractivity contribution < 1.29 is 19.7 Å². The first-order valence-corrected chi connectivity index (χ1v) is 12.0. The summed E-state index contributed by atoms with van der Waals surface area (Å²) in [6, 6.07) is 27.7. The monoisotopic (exact) mass is 461 g/mol. The van der Waals surface area contributed by atoms with Gasteiger partial charge in [0.25, 0.3) is 0 Å². The zero-order chi connectivity index (χ0) is 23.8. The largest absolute Gasteiger partial charge is 0.497 e. The van der Waals surface area contributed by atoms with E-state index in [1.807, 2.05) is 84.9 Å². The smallest absolute Gasteiger partial charge is 0.118 e. The van der Waals surface area contributed by atoms with Crippen LogP contribution in [0.1, 0.15) is 29.5 Å². The lowest BCUT2D eigenvalue weighted by molar-refractivity contribution is -0.0294. The highest BCUT2D eigenvalue weighted by Crippen LogP contribution is 2.41. The van der Waals surface area contributed by atoms with E-state index < -0.39 is 11.7 Å². The van der Waals surface area contributed by atoms with Gasteiger partial charge in [0.15, 0.2) is 0 Å². The van der Waals surface area contributed by atoms with Crippen LogP contribution >= 0.6 is 0 Å². The number of likely N-dealkylation sites (tertiary alicyclic amines) is 1. The van der Waals surface area contributed by atoms with Gasteiger partial charge in [0.05, 0.1) is 26.4 Å². The first kappa shape index (κ1) is 24.4. The average Bonchev–Trinajstić information content (AvgIpc) is 2.90. The van der Waals surface area contributed by atoms with Gasteiger partial charge in [-0.1, -0.05) is 72.8 Å². The van der Waals surface area contributed by atoms with Crippen LogP contribution in [0.15, 0.2) is 84.9 Å². The first-order valence-electron chi connectivity index (χ1n) is 12.0. The van der Waals surface area contributed by atoms with Crippen molar-refractivity contribution in [3.63, 3.8) is 0 Å². The van der Waals surface area contributed by atoms with Crippen molar-refractivity contribution in [1.82, 2.24) is 4.90 Å². The van der Waals surface area contributed by atoms with Gasteiger partial charge in [-0.2, -0.15) is 0 Å². The van der Waals surface area contributed by atoms with Gasteiger partial charge < -0.3 is 24.6 Å². The Morgan fingerprint density at radius 1 is 0.882 bits per heavy atom. The van der Waals surface area contributed by atoms with Crippen LogP contribution in [0, 0.1) is 5.92 Å². The Morgan fingerprint density at radius 3 is 1.97 bits per heavy atom. The minimum Gasteiger partial charge on any atom is -0.497 e. The summed E-state index contributed by atoms with van der Waals surface area (Å²) >= 11 is 0. The molecule has 1 saturated heterocycles. The number of benzene rings is 3. The minimum absolute atomic E-state index is 0.108. The molecule has 4 rings (SSSR count). The molecule has 180 valence electrons. The number of hydrogen-bond donors (Lipinski definition) is 2. The molecular formula is C29H35NO4. The summed E-state index contributed by atoms with van der Waals surface area (Å²) in [5.41, 5.74) is 1.91. The second-order valence-electron chi connectivity index (χ2n) is 9.09. The summed E-state index contributed by atoms with van der Waals surface area (Å²) in [5.74, 6) is 0.927. The lowest BCUT2D eigenvalue weighted by atomic mass is 9.72. The fraction of sp³-hybridized carbons (Fsp3) is 0.379. The van der Waals surface area contributed by atoms with E-state index in [4.69, 9.17) is 9.47 Å². The summed E-state index contributed by atoms with van der Waals surface area (Å²) in [7, 11) is 1.65. The fourth-order valence-electron chi connectivity index (χ4n) is 4.94. The van der Waals surface area contributed by atoms with Crippen molar-refractivity contribution in [3.8, 4) is 5.75 Å². The van der Waals surface area contributed by atoms with Crippen LogP contribution in [0.2, 0.25) is 0 Å². The number of rotatable bonds is 10. The van der Waals surface area contributed by atoms with Gasteiger partial charge in [-0.05, 0) is 60.7 Å². The van der Waals surface area contributed by atoms with Crippen molar-refractivity contribution in [2.75, 3.05) is 33.4 Å². The van der Waals surface area contributed by atoms with Crippen molar-refractivity contribution in [2.45, 2.75) is 31.2 Å². The lowest BCUT2D eigenvalue weighted by Crippen LogP contribution is -2.46. The van der Waals surface area contributed by atoms with Crippen molar-refractivity contribution in [2.24, 2.45) is 5.92 Å². The van der Waals surface area contributed by atoms with Gasteiger partial charge in [-0.25, -0.2) is 0 Å². The minimum atomic E-state index is -1.02. The van der Waals surface area contributed by atoms with Crippen LogP contribution in [-0.2, 0) is 16.9 Å². The molecule has 0 aromatic heterocycles. The standard InChI is InChI=1S/C29H35NO4/c1-33-28-14-12-23(13-15-28)21-34-22-27(31)20-30-18-16-26(17-19-30)29(32,24-8-4-2-5-9-24)25-10-6-3-7-11-25/h2-15,26-27,31-32H,16-22H2,1H3/t27-/m1/s1. The fourth-order valence-corrected chi connectivity index (χ4v) is 4.94. The second-order valence-corrected chi connectivity index (χ2v) is 9.09. The number of nitrogens with zero attached hydrogens (tertiary/aromatic N) is 1. The molecule has 1 atom stereocenters. The maximum absolute atomic E-state index is 12.0. The molecule has 1 heterocycles. The molecule has 0 amide bonds. The van der Waals surface area contributed by atoms with Crippen molar-refractivity contribution >= 4 is 0 Å². The van der Waals surface area contributed by atoms with Crippen LogP contribution in [-0.4, -0.2) is 54.6 Å². The molecule has 0 aliphatic carbocycles. The molecule has 0 unspecified atom stereocenters. The molecule has 0 saturated carbocycles. The van der Waals surface area contributed by atoms with E-state index in [2.05, 4.69) is 4.90 Å². The molecule has 5 nitrogen and oxygen atoms in total. The Hall–Kier alpha value is -2.70. The summed E-state index contributed by atoms with van der Waals surface area (Å²) < 4.78 is 10.9. The predicted molar refractivity (Wildman–Crippen MR) is 134 cm³/mol. The van der Waals surface area contributed by atoms with Gasteiger partial charge in [-0.15, -0.1) is 0 Å². The van der Waals surface area contributed by atoms with E-state index in [1.54, 1.807) is 7.11 Å². The van der Waals surface area contributed by atoms with Gasteiger partial charge in [-0.3, -0.25) is 0 Å². The van der Waals surface area contributed by atoms with Crippen LogP contribution in [0.25, 0.3) is 0 Å². The molecule has 0 bridgehead atoms. The Morgan fingerprint density at radius 2 is 1.44 bits per heavy atom. The number of aliphatic hydroxyl groups is 2. The highest BCUT2D eigenvalue weighted by molar-refractivity contribution is 5.37. The highest BCUT2D eigenvalue weighted by atomic mass is 16.5. The third-order valence-corrected chi connectivity index (χ3v) is 6.81. The molecule has 0 radical (unpaired) electrons. The molecule has 3 aromatic rings. The quantitative estimate of drug-likeness (QED) is 0.473. The summed E-state index contributed by atoms with van der Waals surface area (Å²) in [6.07, 6.45) is 1.18. The summed E-state index contributed by atoms with van der Waals surface area (Å²) in [6.45, 7) is 3.00. The van der Waals surface area contributed by atoms with Gasteiger partial charge >= 0.3 is 0 Å². The predicted octanol–water partition coefficient (Wildman–Crippen LogP) is 4.22. The summed E-state index contributed by atoms with van der Waals surface area (Å²) in [4.78, 5) is 2.27. The zero-order valence-electron chi connectivity index (χ0n) is 19.8.